The third-order valence-corrected chi connectivity index (χ3v) is 4.66. The highest BCUT2D eigenvalue weighted by molar-refractivity contribution is 7.90. The fraction of sp³-hybridized carbons (Fsp3) is 0.250. The van der Waals surface area contributed by atoms with E-state index in [1.54, 1.807) is 7.11 Å². The Morgan fingerprint density at radius 1 is 1.00 bits per heavy atom. The van der Waals surface area contributed by atoms with Crippen molar-refractivity contribution in [3.05, 3.63) is 60.2 Å². The van der Waals surface area contributed by atoms with Gasteiger partial charge in [0.15, 0.2) is 9.84 Å². The number of methoxy groups -OCH3 is 1. The third-order valence-electron chi connectivity index (χ3n) is 3.06. The second kappa shape index (κ2) is 7.13. The highest BCUT2D eigenvalue weighted by Crippen LogP contribution is 2.15. The minimum Gasteiger partial charge on any atom is -0.497 e. The molecule has 5 heteroatoms. The molecule has 21 heavy (non-hydrogen) atoms. The summed E-state index contributed by atoms with van der Waals surface area (Å²) in [6.45, 7) is 0.390. The molecule has 0 unspecified atom stereocenters. The molecule has 0 saturated heterocycles. The fourth-order valence-electron chi connectivity index (χ4n) is 1.96. The van der Waals surface area contributed by atoms with Gasteiger partial charge in [0.1, 0.15) is 5.75 Å². The van der Waals surface area contributed by atoms with Gasteiger partial charge in [-0.1, -0.05) is 30.3 Å². The molecular weight excluding hydrogens is 286 g/mol. The van der Waals surface area contributed by atoms with E-state index in [0.717, 1.165) is 17.0 Å². The SMILES string of the molecule is COc1ccc(NCCS(=O)(=O)Cc2ccccc2)cc1. The lowest BCUT2D eigenvalue weighted by Gasteiger charge is -2.08. The van der Waals surface area contributed by atoms with Crippen LogP contribution in [0.4, 0.5) is 5.69 Å². The minimum absolute atomic E-state index is 0.0815. The van der Waals surface area contributed by atoms with Crippen LogP contribution < -0.4 is 10.1 Å². The Kier molecular flexibility index (Phi) is 5.22. The molecule has 0 spiro atoms. The summed E-state index contributed by atoms with van der Waals surface area (Å²) in [4.78, 5) is 0. The van der Waals surface area contributed by atoms with Gasteiger partial charge in [0, 0.05) is 12.2 Å². The van der Waals surface area contributed by atoms with E-state index >= 15 is 0 Å². The summed E-state index contributed by atoms with van der Waals surface area (Å²) in [7, 11) is -1.50. The van der Waals surface area contributed by atoms with E-state index in [1.165, 1.54) is 0 Å². The van der Waals surface area contributed by atoms with Crippen molar-refractivity contribution in [1.29, 1.82) is 0 Å². The molecule has 2 aromatic carbocycles. The number of nitrogens with one attached hydrogen (secondary N) is 1. The zero-order valence-electron chi connectivity index (χ0n) is 12.0. The van der Waals surface area contributed by atoms with Gasteiger partial charge in [-0.2, -0.15) is 0 Å². The highest BCUT2D eigenvalue weighted by Gasteiger charge is 2.11. The number of hydrogen-bond donors (Lipinski definition) is 1. The molecule has 0 aliphatic carbocycles. The maximum atomic E-state index is 12.0. The summed E-state index contributed by atoms with van der Waals surface area (Å²) < 4.78 is 29.1. The number of rotatable bonds is 7. The van der Waals surface area contributed by atoms with Gasteiger partial charge in [-0.05, 0) is 29.8 Å². The molecule has 4 nitrogen and oxygen atoms in total. The van der Waals surface area contributed by atoms with Crippen LogP contribution in [0.5, 0.6) is 5.75 Å². The maximum absolute atomic E-state index is 12.0. The summed E-state index contributed by atoms with van der Waals surface area (Å²) in [5.41, 5.74) is 1.70. The van der Waals surface area contributed by atoms with Gasteiger partial charge in [-0.15, -0.1) is 0 Å². The zero-order chi connectivity index (χ0) is 15.1. The molecule has 2 aromatic rings. The Labute approximate surface area is 125 Å². The lowest BCUT2D eigenvalue weighted by Crippen LogP contribution is -2.17. The second-order valence-electron chi connectivity index (χ2n) is 4.73. The van der Waals surface area contributed by atoms with E-state index < -0.39 is 9.84 Å². The van der Waals surface area contributed by atoms with E-state index in [1.807, 2.05) is 54.6 Å². The van der Waals surface area contributed by atoms with Gasteiger partial charge in [0.05, 0.1) is 18.6 Å². The first-order valence-corrected chi connectivity index (χ1v) is 8.53. The van der Waals surface area contributed by atoms with Crippen molar-refractivity contribution < 1.29 is 13.2 Å². The smallest absolute Gasteiger partial charge is 0.156 e. The van der Waals surface area contributed by atoms with Crippen LogP contribution in [0.3, 0.4) is 0 Å². The van der Waals surface area contributed by atoms with Gasteiger partial charge in [-0.3, -0.25) is 0 Å². The zero-order valence-corrected chi connectivity index (χ0v) is 12.8. The molecule has 0 aliphatic heterocycles. The molecule has 0 saturated carbocycles. The van der Waals surface area contributed by atoms with Crippen molar-refractivity contribution in [1.82, 2.24) is 0 Å². The van der Waals surface area contributed by atoms with Gasteiger partial charge >= 0.3 is 0 Å². The molecule has 0 atom stereocenters. The van der Waals surface area contributed by atoms with Crippen molar-refractivity contribution in [2.45, 2.75) is 5.75 Å². The largest absolute Gasteiger partial charge is 0.497 e. The van der Waals surface area contributed by atoms with Gasteiger partial charge in [0.2, 0.25) is 0 Å². The number of hydrogen-bond acceptors (Lipinski definition) is 4. The van der Waals surface area contributed by atoms with Crippen molar-refractivity contribution in [2.24, 2.45) is 0 Å². The summed E-state index contributed by atoms with van der Waals surface area (Å²) in [5, 5.41) is 3.10. The molecule has 0 bridgehead atoms. The van der Waals surface area contributed by atoms with Crippen LogP contribution >= 0.6 is 0 Å². The van der Waals surface area contributed by atoms with Crippen molar-refractivity contribution in [3.63, 3.8) is 0 Å². The van der Waals surface area contributed by atoms with Crippen LogP contribution in [-0.4, -0.2) is 27.8 Å². The molecule has 0 amide bonds. The van der Waals surface area contributed by atoms with Crippen LogP contribution in [-0.2, 0) is 15.6 Å². The third kappa shape index (κ3) is 5.11. The second-order valence-corrected chi connectivity index (χ2v) is 6.92. The Bertz CT molecular complexity index is 652. The van der Waals surface area contributed by atoms with Crippen LogP contribution in [0.15, 0.2) is 54.6 Å². The molecule has 0 fully saturated rings. The summed E-state index contributed by atoms with van der Waals surface area (Å²) in [6, 6.07) is 16.6. The van der Waals surface area contributed by atoms with Gasteiger partial charge in [-0.25, -0.2) is 8.42 Å². The normalized spacial score (nSPS) is 11.1. The Morgan fingerprint density at radius 2 is 1.67 bits per heavy atom. The Hall–Kier alpha value is -2.01. The van der Waals surface area contributed by atoms with Crippen molar-refractivity contribution in [2.75, 3.05) is 24.7 Å². The molecular formula is C16H19NO3S. The topological polar surface area (TPSA) is 55.4 Å². The monoisotopic (exact) mass is 305 g/mol. The maximum Gasteiger partial charge on any atom is 0.156 e. The standard InChI is InChI=1S/C16H19NO3S/c1-20-16-9-7-15(8-10-16)17-11-12-21(18,19)13-14-5-3-2-4-6-14/h2-10,17H,11-13H2,1H3. The van der Waals surface area contributed by atoms with Crippen LogP contribution in [0.1, 0.15) is 5.56 Å². The number of ether oxygens (including phenoxy) is 1. The molecule has 1 N–H and O–H groups in total. The lowest BCUT2D eigenvalue weighted by molar-refractivity contribution is 0.415. The summed E-state index contributed by atoms with van der Waals surface area (Å²) >= 11 is 0. The Balaban J connectivity index is 1.84. The predicted octanol–water partition coefficient (Wildman–Crippen LogP) is 2.72. The molecule has 0 aromatic heterocycles. The highest BCUT2D eigenvalue weighted by atomic mass is 32.2. The number of benzene rings is 2. The number of sulfone groups is 1. The Morgan fingerprint density at radius 3 is 2.29 bits per heavy atom. The fourth-order valence-corrected chi connectivity index (χ4v) is 3.22. The quantitative estimate of drug-likeness (QED) is 0.854. The average Bonchev–Trinajstić information content (AvgIpc) is 2.48. The molecule has 2 rings (SSSR count). The first-order valence-electron chi connectivity index (χ1n) is 6.71. The first-order chi connectivity index (χ1) is 10.1. The number of anilines is 1. The predicted molar refractivity (Wildman–Crippen MR) is 85.4 cm³/mol. The lowest BCUT2D eigenvalue weighted by atomic mass is 10.2. The summed E-state index contributed by atoms with van der Waals surface area (Å²) in [5.74, 6) is 0.962. The minimum atomic E-state index is -3.10. The van der Waals surface area contributed by atoms with E-state index in [0.29, 0.717) is 6.54 Å². The van der Waals surface area contributed by atoms with E-state index in [4.69, 9.17) is 4.74 Å². The van der Waals surface area contributed by atoms with Crippen LogP contribution in [0.25, 0.3) is 0 Å². The van der Waals surface area contributed by atoms with Crippen molar-refractivity contribution >= 4 is 15.5 Å². The van der Waals surface area contributed by atoms with Gasteiger partial charge in [0.25, 0.3) is 0 Å². The van der Waals surface area contributed by atoms with E-state index in [2.05, 4.69) is 5.32 Å². The van der Waals surface area contributed by atoms with Crippen LogP contribution in [0.2, 0.25) is 0 Å². The van der Waals surface area contributed by atoms with E-state index in [-0.39, 0.29) is 11.5 Å². The molecule has 0 heterocycles. The van der Waals surface area contributed by atoms with Gasteiger partial charge < -0.3 is 10.1 Å². The molecule has 0 aliphatic rings. The summed E-state index contributed by atoms with van der Waals surface area (Å²) in [6.07, 6.45) is 0. The molecule has 0 radical (unpaired) electrons. The average molecular weight is 305 g/mol. The van der Waals surface area contributed by atoms with Crippen molar-refractivity contribution in [3.8, 4) is 5.75 Å². The first kappa shape index (κ1) is 15.4. The van der Waals surface area contributed by atoms with E-state index in [9.17, 15) is 8.42 Å². The molecule has 112 valence electrons. The van der Waals surface area contributed by atoms with Crippen LogP contribution in [0, 0.1) is 0 Å².